The molecule has 4 nitrogen and oxygen atoms in total. The Balaban J connectivity index is 1.50. The zero-order chi connectivity index (χ0) is 22.5. The third-order valence-corrected chi connectivity index (χ3v) is 6.16. The van der Waals surface area contributed by atoms with Crippen LogP contribution in [0, 0.1) is 13.8 Å². The summed E-state index contributed by atoms with van der Waals surface area (Å²) < 4.78 is 12.2. The van der Waals surface area contributed by atoms with Crippen LogP contribution in [0.3, 0.4) is 0 Å². The molecule has 0 aromatic heterocycles. The van der Waals surface area contributed by atoms with Crippen molar-refractivity contribution in [1.29, 1.82) is 0 Å². The molecule has 0 bridgehead atoms. The second kappa shape index (κ2) is 10.0. The Labute approximate surface area is 197 Å². The Bertz CT molecular complexity index is 1170. The van der Waals surface area contributed by atoms with E-state index in [0.29, 0.717) is 28.2 Å². The highest BCUT2D eigenvalue weighted by molar-refractivity contribution is 8.27. The molecule has 0 aliphatic carbocycles. The molecule has 0 spiro atoms. The standard InChI is InChI=1S/C26H23NO3S2/c1-18-7-6-8-21(16-18)27-25(28)24(32-26(27)31)17-20-15-19(2)11-12-23(20)30-14-13-29-22-9-4-3-5-10-22/h3-12,15-17H,13-14H2,1-2H3. The van der Waals surface area contributed by atoms with Crippen LogP contribution in [0.15, 0.2) is 77.7 Å². The molecule has 0 saturated carbocycles. The summed E-state index contributed by atoms with van der Waals surface area (Å²) in [5.41, 5.74) is 3.79. The quantitative estimate of drug-likeness (QED) is 0.239. The SMILES string of the molecule is Cc1cccc(N2C(=O)C(=Cc3cc(C)ccc3OCCOc3ccccc3)SC2=S)c1. The summed E-state index contributed by atoms with van der Waals surface area (Å²) in [5, 5.41) is 0. The normalized spacial score (nSPS) is 14.8. The van der Waals surface area contributed by atoms with Gasteiger partial charge in [0.2, 0.25) is 0 Å². The van der Waals surface area contributed by atoms with Gasteiger partial charge >= 0.3 is 0 Å². The zero-order valence-electron chi connectivity index (χ0n) is 17.9. The molecule has 1 heterocycles. The Hall–Kier alpha value is -3.09. The largest absolute Gasteiger partial charge is 0.490 e. The molecule has 3 aromatic carbocycles. The predicted octanol–water partition coefficient (Wildman–Crippen LogP) is 6.17. The third kappa shape index (κ3) is 5.21. The van der Waals surface area contributed by atoms with Crippen LogP contribution < -0.4 is 14.4 Å². The number of rotatable bonds is 7. The van der Waals surface area contributed by atoms with E-state index in [-0.39, 0.29) is 5.91 Å². The Morgan fingerprint density at radius 3 is 2.44 bits per heavy atom. The molecule has 1 aliphatic rings. The topological polar surface area (TPSA) is 38.8 Å². The minimum atomic E-state index is -0.120. The molecule has 0 unspecified atom stereocenters. The molecule has 0 radical (unpaired) electrons. The smallest absolute Gasteiger partial charge is 0.270 e. The molecule has 4 rings (SSSR count). The van der Waals surface area contributed by atoms with Gasteiger partial charge in [-0.1, -0.05) is 65.9 Å². The molecule has 1 aliphatic heterocycles. The maximum atomic E-state index is 13.1. The van der Waals surface area contributed by atoms with Crippen LogP contribution in [0.2, 0.25) is 0 Å². The average Bonchev–Trinajstić information content (AvgIpc) is 3.06. The lowest BCUT2D eigenvalue weighted by molar-refractivity contribution is -0.113. The number of thiocarbonyl (C=S) groups is 1. The van der Waals surface area contributed by atoms with E-state index in [4.69, 9.17) is 21.7 Å². The zero-order valence-corrected chi connectivity index (χ0v) is 19.5. The van der Waals surface area contributed by atoms with Crippen molar-refractivity contribution in [1.82, 2.24) is 0 Å². The first-order valence-electron chi connectivity index (χ1n) is 10.3. The lowest BCUT2D eigenvalue weighted by Crippen LogP contribution is -2.27. The van der Waals surface area contributed by atoms with Crippen molar-refractivity contribution in [3.8, 4) is 11.5 Å². The molecular formula is C26H23NO3S2. The lowest BCUT2D eigenvalue weighted by atomic mass is 10.1. The number of anilines is 1. The van der Waals surface area contributed by atoms with Gasteiger partial charge in [-0.2, -0.15) is 0 Å². The van der Waals surface area contributed by atoms with Crippen LogP contribution in [0.1, 0.15) is 16.7 Å². The molecule has 6 heteroatoms. The summed E-state index contributed by atoms with van der Waals surface area (Å²) in [4.78, 5) is 15.3. The predicted molar refractivity (Wildman–Crippen MR) is 135 cm³/mol. The number of benzene rings is 3. The molecule has 0 atom stereocenters. The van der Waals surface area contributed by atoms with Gasteiger partial charge in [0.05, 0.1) is 10.6 Å². The van der Waals surface area contributed by atoms with E-state index in [2.05, 4.69) is 0 Å². The van der Waals surface area contributed by atoms with Crippen molar-refractivity contribution in [3.05, 3.63) is 94.4 Å². The van der Waals surface area contributed by atoms with Gasteiger partial charge in [0.15, 0.2) is 4.32 Å². The second-order valence-corrected chi connectivity index (χ2v) is 9.08. The highest BCUT2D eigenvalue weighted by Gasteiger charge is 2.33. The van der Waals surface area contributed by atoms with Crippen molar-refractivity contribution < 1.29 is 14.3 Å². The van der Waals surface area contributed by atoms with Crippen molar-refractivity contribution in [2.24, 2.45) is 0 Å². The fourth-order valence-electron chi connectivity index (χ4n) is 3.34. The maximum Gasteiger partial charge on any atom is 0.270 e. The van der Waals surface area contributed by atoms with Crippen LogP contribution in [-0.4, -0.2) is 23.4 Å². The Morgan fingerprint density at radius 2 is 1.66 bits per heavy atom. The van der Waals surface area contributed by atoms with Gasteiger partial charge < -0.3 is 9.47 Å². The summed E-state index contributed by atoms with van der Waals surface area (Å²) in [6.45, 7) is 4.82. The van der Waals surface area contributed by atoms with Crippen LogP contribution in [0.4, 0.5) is 5.69 Å². The van der Waals surface area contributed by atoms with Gasteiger partial charge in [-0.3, -0.25) is 9.69 Å². The number of aryl methyl sites for hydroxylation is 2. The molecule has 0 N–H and O–H groups in total. The van der Waals surface area contributed by atoms with Gasteiger partial charge in [0.25, 0.3) is 5.91 Å². The summed E-state index contributed by atoms with van der Waals surface area (Å²) in [6.07, 6.45) is 1.86. The Kier molecular flexibility index (Phi) is 6.93. The van der Waals surface area contributed by atoms with Gasteiger partial charge in [-0.15, -0.1) is 0 Å². The fourth-order valence-corrected chi connectivity index (χ4v) is 4.63. The number of carbonyl (C=O) groups excluding carboxylic acids is 1. The number of carbonyl (C=O) groups is 1. The van der Waals surface area contributed by atoms with Gasteiger partial charge in [0.1, 0.15) is 24.7 Å². The summed E-state index contributed by atoms with van der Waals surface area (Å²) in [7, 11) is 0. The van der Waals surface area contributed by atoms with E-state index in [1.807, 2.05) is 92.7 Å². The van der Waals surface area contributed by atoms with E-state index in [1.165, 1.54) is 11.8 Å². The minimum Gasteiger partial charge on any atom is -0.490 e. The molecule has 3 aromatic rings. The third-order valence-electron chi connectivity index (χ3n) is 4.86. The van der Waals surface area contributed by atoms with Crippen LogP contribution in [-0.2, 0) is 4.79 Å². The fraction of sp³-hybridized carbons (Fsp3) is 0.154. The molecule has 1 fully saturated rings. The van der Waals surface area contributed by atoms with Crippen molar-refractivity contribution >= 4 is 46.0 Å². The number of amides is 1. The van der Waals surface area contributed by atoms with Crippen molar-refractivity contribution in [2.75, 3.05) is 18.1 Å². The van der Waals surface area contributed by atoms with E-state index in [1.54, 1.807) is 4.90 Å². The molecule has 32 heavy (non-hydrogen) atoms. The molecule has 1 saturated heterocycles. The minimum absolute atomic E-state index is 0.120. The first kappa shape index (κ1) is 22.1. The van der Waals surface area contributed by atoms with E-state index < -0.39 is 0 Å². The van der Waals surface area contributed by atoms with Crippen LogP contribution in [0.5, 0.6) is 11.5 Å². The van der Waals surface area contributed by atoms with Crippen molar-refractivity contribution in [3.63, 3.8) is 0 Å². The first-order chi connectivity index (χ1) is 15.5. The molecule has 1 amide bonds. The second-order valence-electron chi connectivity index (χ2n) is 7.41. The maximum absolute atomic E-state index is 13.1. The number of nitrogens with zero attached hydrogens (tertiary/aromatic N) is 1. The van der Waals surface area contributed by atoms with Gasteiger partial charge in [0, 0.05) is 5.56 Å². The first-order valence-corrected chi connectivity index (χ1v) is 11.5. The van der Waals surface area contributed by atoms with Crippen LogP contribution >= 0.6 is 24.0 Å². The average molecular weight is 462 g/mol. The summed E-state index contributed by atoms with van der Waals surface area (Å²) >= 11 is 6.81. The number of hydrogen-bond donors (Lipinski definition) is 0. The van der Waals surface area contributed by atoms with E-state index in [9.17, 15) is 4.79 Å². The van der Waals surface area contributed by atoms with E-state index in [0.717, 1.165) is 28.1 Å². The summed E-state index contributed by atoms with van der Waals surface area (Å²) in [6, 6.07) is 23.3. The van der Waals surface area contributed by atoms with E-state index >= 15 is 0 Å². The van der Waals surface area contributed by atoms with Gasteiger partial charge in [-0.25, -0.2) is 0 Å². The number of para-hydroxylation sites is 1. The van der Waals surface area contributed by atoms with Crippen molar-refractivity contribution in [2.45, 2.75) is 13.8 Å². The number of ether oxygens (including phenoxy) is 2. The summed E-state index contributed by atoms with van der Waals surface area (Å²) in [5.74, 6) is 1.39. The lowest BCUT2D eigenvalue weighted by Gasteiger charge is -2.15. The number of hydrogen-bond acceptors (Lipinski definition) is 5. The Morgan fingerprint density at radius 1 is 0.906 bits per heavy atom. The monoisotopic (exact) mass is 461 g/mol. The molecule has 162 valence electrons. The molecular weight excluding hydrogens is 438 g/mol. The number of thioether (sulfide) groups is 1. The van der Waals surface area contributed by atoms with Gasteiger partial charge in [-0.05, 0) is 61.9 Å². The highest BCUT2D eigenvalue weighted by Crippen LogP contribution is 2.37. The van der Waals surface area contributed by atoms with Crippen LogP contribution in [0.25, 0.3) is 6.08 Å². The highest BCUT2D eigenvalue weighted by atomic mass is 32.2.